The number of fused-ring (bicyclic) bond motifs is 2. The second-order valence-corrected chi connectivity index (χ2v) is 8.51. The van der Waals surface area contributed by atoms with Gasteiger partial charge in [0, 0.05) is 31.4 Å². The molecular weight excluding hydrogens is 479 g/mol. The van der Waals surface area contributed by atoms with Crippen LogP contribution < -0.4 is 5.32 Å². The molecule has 2 fully saturated rings. The van der Waals surface area contributed by atoms with E-state index in [0.717, 1.165) is 6.07 Å². The number of hydrogen-bond donors (Lipinski definition) is 2. The highest BCUT2D eigenvalue weighted by Crippen LogP contribution is 2.54. The molecule has 0 unspecified atom stereocenters. The fraction of sp³-hybridized carbons (Fsp3) is 0.381. The molecule has 35 heavy (non-hydrogen) atoms. The summed E-state index contributed by atoms with van der Waals surface area (Å²) in [5.74, 6) is -2.36. The Labute approximate surface area is 194 Å². The van der Waals surface area contributed by atoms with Crippen molar-refractivity contribution in [2.24, 2.45) is 0 Å². The summed E-state index contributed by atoms with van der Waals surface area (Å²) in [4.78, 5) is 21.6. The van der Waals surface area contributed by atoms with Crippen molar-refractivity contribution in [1.29, 1.82) is 0 Å². The number of aryl methyl sites for hydroxylation is 1. The predicted octanol–water partition coefficient (Wildman–Crippen LogP) is 3.79. The molecule has 2 N–H and O–H groups in total. The number of amides is 2. The summed E-state index contributed by atoms with van der Waals surface area (Å²) in [7, 11) is 0. The summed E-state index contributed by atoms with van der Waals surface area (Å²) in [5, 5.41) is 20.3. The van der Waals surface area contributed by atoms with Crippen molar-refractivity contribution < 1.29 is 36.3 Å². The summed E-state index contributed by atoms with van der Waals surface area (Å²) in [6, 6.07) is -0.288. The van der Waals surface area contributed by atoms with Gasteiger partial charge in [-0.05, 0) is 18.6 Å². The van der Waals surface area contributed by atoms with Crippen LogP contribution in [0.5, 0.6) is 0 Å². The van der Waals surface area contributed by atoms with Crippen LogP contribution >= 0.6 is 0 Å². The Kier molecular flexibility index (Phi) is 5.23. The summed E-state index contributed by atoms with van der Waals surface area (Å²) in [5.41, 5.74) is -3.72. The number of benzene rings is 1. The van der Waals surface area contributed by atoms with Crippen LogP contribution in [0.2, 0.25) is 0 Å². The first-order valence-corrected chi connectivity index (χ1v) is 10.5. The zero-order valence-electron chi connectivity index (χ0n) is 18.0. The number of nitrogens with one attached hydrogen (secondary N) is 1. The van der Waals surface area contributed by atoms with E-state index < -0.39 is 64.2 Å². The van der Waals surface area contributed by atoms with Crippen molar-refractivity contribution in [3.05, 3.63) is 53.5 Å². The lowest BCUT2D eigenvalue weighted by Crippen LogP contribution is -2.71. The number of urea groups is 1. The molecule has 5 rings (SSSR count). The van der Waals surface area contributed by atoms with E-state index in [0.29, 0.717) is 18.8 Å². The maximum atomic E-state index is 14.7. The second-order valence-electron chi connectivity index (χ2n) is 8.51. The minimum Gasteiger partial charge on any atom is -0.423 e. The summed E-state index contributed by atoms with van der Waals surface area (Å²) >= 11 is 0. The first-order chi connectivity index (χ1) is 16.5. The number of hydrogen-bond acceptors (Lipinski definition) is 7. The summed E-state index contributed by atoms with van der Waals surface area (Å²) in [6.07, 6.45) is -3.59. The number of aliphatic hydroxyl groups excluding tert-OH is 1. The number of rotatable bonds is 3. The van der Waals surface area contributed by atoms with Crippen molar-refractivity contribution >= 4 is 11.7 Å². The second kappa shape index (κ2) is 7.93. The lowest BCUT2D eigenvalue weighted by molar-refractivity contribution is -0.137. The van der Waals surface area contributed by atoms with Crippen LogP contribution in [0.4, 0.5) is 32.4 Å². The number of alkyl halides is 3. The molecule has 1 aliphatic heterocycles. The van der Waals surface area contributed by atoms with Crippen molar-refractivity contribution in [2.75, 3.05) is 5.32 Å². The van der Waals surface area contributed by atoms with Gasteiger partial charge in [0.05, 0.1) is 29.7 Å². The molecule has 2 aromatic heterocycles. The van der Waals surface area contributed by atoms with Crippen molar-refractivity contribution in [3.63, 3.8) is 0 Å². The van der Waals surface area contributed by atoms with E-state index in [1.54, 1.807) is 6.92 Å². The van der Waals surface area contributed by atoms with Gasteiger partial charge in [-0.3, -0.25) is 0 Å². The van der Waals surface area contributed by atoms with Gasteiger partial charge in [0.15, 0.2) is 11.6 Å². The van der Waals surface area contributed by atoms with E-state index in [4.69, 9.17) is 4.42 Å². The molecule has 184 valence electrons. The molecule has 1 saturated heterocycles. The quantitative estimate of drug-likeness (QED) is 0.530. The zero-order valence-corrected chi connectivity index (χ0v) is 18.0. The summed E-state index contributed by atoms with van der Waals surface area (Å²) in [6.45, 7) is 1.56. The van der Waals surface area contributed by atoms with E-state index >= 15 is 0 Å². The molecule has 2 amide bonds. The SMILES string of the molecule is Cc1nnc([C@@]23C[C@@H](O)C[C@@H](C2)N3C(=O)Nc2cc(-c3ncc(F)cn3)c(C(F)(F)F)cc2F)o1. The van der Waals surface area contributed by atoms with Crippen LogP contribution in [0.3, 0.4) is 0 Å². The maximum absolute atomic E-state index is 14.7. The monoisotopic (exact) mass is 496 g/mol. The highest BCUT2D eigenvalue weighted by atomic mass is 19.4. The van der Waals surface area contributed by atoms with Gasteiger partial charge in [0.1, 0.15) is 11.4 Å². The Bertz CT molecular complexity index is 1300. The largest absolute Gasteiger partial charge is 0.423 e. The predicted molar refractivity (Wildman–Crippen MR) is 108 cm³/mol. The molecule has 3 heterocycles. The third-order valence-corrected chi connectivity index (χ3v) is 6.18. The fourth-order valence-corrected chi connectivity index (χ4v) is 4.81. The van der Waals surface area contributed by atoms with Crippen LogP contribution in [0.1, 0.15) is 36.6 Å². The molecule has 9 nitrogen and oxygen atoms in total. The fourth-order valence-electron chi connectivity index (χ4n) is 4.81. The minimum absolute atomic E-state index is 0.0999. The number of nitrogens with zero attached hydrogens (tertiary/aromatic N) is 5. The smallest absolute Gasteiger partial charge is 0.417 e. The average molecular weight is 496 g/mol. The highest BCUT2D eigenvalue weighted by Gasteiger charge is 2.63. The average Bonchev–Trinajstić information content (AvgIpc) is 3.21. The molecule has 0 radical (unpaired) electrons. The molecule has 1 aromatic carbocycles. The number of halogens is 5. The standard InChI is InChI=1S/C21H17F5N6O3/c1-9-30-31-18(35-9)20-5-11(2-12(33)6-20)32(20)19(34)29-16-3-13(17-27-7-10(22)8-28-17)14(4-15(16)23)21(24,25)26/h3-4,7-8,11-12,33H,2,5-6H2,1H3,(H,29,34)/t11-,12-,20-/m0/s1. The third kappa shape index (κ3) is 3.87. The number of aromatic nitrogens is 4. The Morgan fingerprint density at radius 1 is 1.20 bits per heavy atom. The van der Waals surface area contributed by atoms with Gasteiger partial charge in [-0.25, -0.2) is 23.5 Å². The first-order valence-electron chi connectivity index (χ1n) is 10.5. The van der Waals surface area contributed by atoms with Gasteiger partial charge < -0.3 is 19.7 Å². The summed E-state index contributed by atoms with van der Waals surface area (Å²) < 4.78 is 74.2. The number of carbonyl (C=O) groups excluding carboxylic acids is 1. The van der Waals surface area contributed by atoms with E-state index in [1.165, 1.54) is 4.90 Å². The van der Waals surface area contributed by atoms with Gasteiger partial charge in [0.2, 0.25) is 11.8 Å². The maximum Gasteiger partial charge on any atom is 0.417 e. The Balaban J connectivity index is 1.51. The lowest BCUT2D eigenvalue weighted by Gasteiger charge is -2.60. The van der Waals surface area contributed by atoms with E-state index in [1.807, 2.05) is 0 Å². The lowest BCUT2D eigenvalue weighted by atomic mass is 9.67. The van der Waals surface area contributed by atoms with E-state index in [-0.39, 0.29) is 30.7 Å². The number of carbonyl (C=O) groups is 1. The molecule has 3 atom stereocenters. The normalized spacial score (nSPS) is 23.7. The van der Waals surface area contributed by atoms with E-state index in [2.05, 4.69) is 25.5 Å². The minimum atomic E-state index is -4.97. The number of likely N-dealkylation sites (tertiary alicyclic amines) is 1. The Hall–Kier alpha value is -3.68. The van der Waals surface area contributed by atoms with Crippen molar-refractivity contribution in [3.8, 4) is 11.4 Å². The van der Waals surface area contributed by atoms with Crippen LogP contribution in [0, 0.1) is 18.6 Å². The van der Waals surface area contributed by atoms with Gasteiger partial charge in [-0.2, -0.15) is 13.2 Å². The Morgan fingerprint density at radius 2 is 1.91 bits per heavy atom. The molecule has 1 aliphatic carbocycles. The van der Waals surface area contributed by atoms with E-state index in [9.17, 15) is 31.9 Å². The molecular formula is C21H17F5N6O3. The van der Waals surface area contributed by atoms with Crippen LogP contribution in [-0.4, -0.2) is 48.3 Å². The van der Waals surface area contributed by atoms with Gasteiger partial charge in [-0.1, -0.05) is 0 Å². The zero-order chi connectivity index (χ0) is 25.1. The first kappa shape index (κ1) is 23.1. The Morgan fingerprint density at radius 3 is 2.54 bits per heavy atom. The molecule has 3 aromatic rings. The van der Waals surface area contributed by atoms with Gasteiger partial charge in [-0.15, -0.1) is 10.2 Å². The third-order valence-electron chi connectivity index (χ3n) is 6.18. The topological polar surface area (TPSA) is 117 Å². The number of anilines is 1. The number of piperidine rings is 1. The van der Waals surface area contributed by atoms with Crippen molar-refractivity contribution in [1.82, 2.24) is 25.1 Å². The van der Waals surface area contributed by atoms with Crippen LogP contribution in [-0.2, 0) is 11.7 Å². The van der Waals surface area contributed by atoms with Gasteiger partial charge >= 0.3 is 12.2 Å². The van der Waals surface area contributed by atoms with Crippen LogP contribution in [0.15, 0.2) is 28.9 Å². The van der Waals surface area contributed by atoms with Crippen molar-refractivity contribution in [2.45, 2.75) is 50.0 Å². The van der Waals surface area contributed by atoms with Gasteiger partial charge in [0.25, 0.3) is 0 Å². The molecule has 1 saturated carbocycles. The highest BCUT2D eigenvalue weighted by molar-refractivity contribution is 5.92. The molecule has 2 aliphatic rings. The molecule has 2 bridgehead atoms. The molecule has 14 heteroatoms. The molecule has 0 spiro atoms. The van der Waals surface area contributed by atoms with Crippen LogP contribution in [0.25, 0.3) is 11.4 Å². The number of aliphatic hydroxyl groups is 1.